The van der Waals surface area contributed by atoms with Gasteiger partial charge >= 0.3 is 0 Å². The number of hydrogen-bond donors (Lipinski definition) is 0. The van der Waals surface area contributed by atoms with Crippen LogP contribution in [0.5, 0.6) is 0 Å². The van der Waals surface area contributed by atoms with Gasteiger partial charge in [0.2, 0.25) is 5.91 Å². The number of nitrogens with zero attached hydrogens (tertiary/aromatic N) is 1. The molecule has 2 aromatic carbocycles. The minimum absolute atomic E-state index is 0.199. The molecule has 0 aliphatic carbocycles. The Morgan fingerprint density at radius 3 is 1.68 bits per heavy atom. The molecular formula is C17H17NO. The predicted molar refractivity (Wildman–Crippen MR) is 75.9 cm³/mol. The molecule has 1 fully saturated rings. The van der Waals surface area contributed by atoms with Gasteiger partial charge in [-0.15, -0.1) is 0 Å². The summed E-state index contributed by atoms with van der Waals surface area (Å²) in [6.07, 6.45) is 0. The Labute approximate surface area is 113 Å². The van der Waals surface area contributed by atoms with E-state index in [-0.39, 0.29) is 5.91 Å². The molecule has 0 saturated carbocycles. The first-order valence-electron chi connectivity index (χ1n) is 6.63. The van der Waals surface area contributed by atoms with Crippen molar-refractivity contribution in [2.45, 2.75) is 12.3 Å². The van der Waals surface area contributed by atoms with E-state index in [1.54, 1.807) is 0 Å². The van der Waals surface area contributed by atoms with Crippen molar-refractivity contribution in [3.8, 4) is 0 Å². The highest BCUT2D eigenvalue weighted by Crippen LogP contribution is 2.35. The van der Waals surface area contributed by atoms with Gasteiger partial charge in [0.1, 0.15) is 0 Å². The topological polar surface area (TPSA) is 20.1 Å². The van der Waals surface area contributed by atoms with E-state index < -0.39 is 5.41 Å². The van der Waals surface area contributed by atoms with Gasteiger partial charge in [0, 0.05) is 13.1 Å². The summed E-state index contributed by atoms with van der Waals surface area (Å²) in [5, 5.41) is 0. The van der Waals surface area contributed by atoms with E-state index in [4.69, 9.17) is 0 Å². The van der Waals surface area contributed by atoms with Crippen molar-refractivity contribution in [3.63, 3.8) is 0 Å². The van der Waals surface area contributed by atoms with E-state index >= 15 is 0 Å². The lowest BCUT2D eigenvalue weighted by molar-refractivity contribution is -0.129. The zero-order chi connectivity index (χ0) is 13.3. The van der Waals surface area contributed by atoms with Crippen LogP contribution < -0.4 is 0 Å². The fraction of sp³-hybridized carbons (Fsp3) is 0.235. The lowest BCUT2D eigenvalue weighted by Crippen LogP contribution is -2.38. The molecule has 0 spiro atoms. The van der Waals surface area contributed by atoms with Crippen LogP contribution in [0.3, 0.4) is 0 Å². The maximum atomic E-state index is 12.8. The third-order valence-electron chi connectivity index (χ3n) is 3.86. The van der Waals surface area contributed by atoms with E-state index in [0.29, 0.717) is 0 Å². The number of amides is 1. The Kier molecular flexibility index (Phi) is 2.86. The monoisotopic (exact) mass is 251 g/mol. The van der Waals surface area contributed by atoms with Crippen LogP contribution >= 0.6 is 0 Å². The Morgan fingerprint density at radius 1 is 0.895 bits per heavy atom. The molecule has 1 heterocycles. The van der Waals surface area contributed by atoms with Crippen molar-refractivity contribution in [2.24, 2.45) is 0 Å². The normalized spacial score (nSPS) is 14.3. The highest BCUT2D eigenvalue weighted by molar-refractivity contribution is 5.93. The van der Waals surface area contributed by atoms with Crippen LogP contribution in [-0.4, -0.2) is 23.9 Å². The Balaban J connectivity index is 2.13. The van der Waals surface area contributed by atoms with E-state index in [1.165, 1.54) is 0 Å². The number of carbonyl (C=O) groups is 1. The summed E-state index contributed by atoms with van der Waals surface area (Å²) >= 11 is 0. The van der Waals surface area contributed by atoms with Gasteiger partial charge in [-0.2, -0.15) is 0 Å². The van der Waals surface area contributed by atoms with Crippen LogP contribution in [0.15, 0.2) is 60.7 Å². The van der Waals surface area contributed by atoms with Crippen molar-refractivity contribution in [1.29, 1.82) is 0 Å². The molecule has 1 saturated heterocycles. The first-order valence-corrected chi connectivity index (χ1v) is 6.63. The zero-order valence-electron chi connectivity index (χ0n) is 11.0. The van der Waals surface area contributed by atoms with Gasteiger partial charge < -0.3 is 4.90 Å². The molecule has 0 atom stereocenters. The quantitative estimate of drug-likeness (QED) is 0.768. The van der Waals surface area contributed by atoms with Gasteiger partial charge in [0.25, 0.3) is 0 Å². The lowest BCUT2D eigenvalue weighted by atomic mass is 9.75. The van der Waals surface area contributed by atoms with Crippen LogP contribution in [0.4, 0.5) is 0 Å². The number of benzene rings is 2. The summed E-state index contributed by atoms with van der Waals surface area (Å²) in [5.74, 6) is 0.199. The molecule has 2 aromatic rings. The third kappa shape index (κ3) is 2.03. The number of carbonyl (C=O) groups excluding carboxylic acids is 1. The molecule has 0 aromatic heterocycles. The number of hydrogen-bond acceptors (Lipinski definition) is 1. The molecule has 0 N–H and O–H groups in total. The SMILES string of the molecule is CC(C(=O)N1CC1)(c1ccccc1)c1ccccc1. The molecule has 1 aliphatic heterocycles. The van der Waals surface area contributed by atoms with Crippen LogP contribution in [0.2, 0.25) is 0 Å². The van der Waals surface area contributed by atoms with Crippen LogP contribution in [0.25, 0.3) is 0 Å². The summed E-state index contributed by atoms with van der Waals surface area (Å²) < 4.78 is 0. The van der Waals surface area contributed by atoms with E-state index in [0.717, 1.165) is 24.2 Å². The smallest absolute Gasteiger partial charge is 0.237 e. The first-order chi connectivity index (χ1) is 9.23. The molecule has 19 heavy (non-hydrogen) atoms. The lowest BCUT2D eigenvalue weighted by Gasteiger charge is -2.29. The minimum atomic E-state index is -0.584. The van der Waals surface area contributed by atoms with Gasteiger partial charge in [-0.25, -0.2) is 0 Å². The van der Waals surface area contributed by atoms with Gasteiger partial charge in [0.15, 0.2) is 0 Å². The summed E-state index contributed by atoms with van der Waals surface area (Å²) in [4.78, 5) is 14.7. The Hall–Kier alpha value is -2.09. The Bertz CT molecular complexity index is 533. The molecule has 1 amide bonds. The maximum Gasteiger partial charge on any atom is 0.237 e. The second-order valence-electron chi connectivity index (χ2n) is 5.15. The van der Waals surface area contributed by atoms with Crippen LogP contribution in [0, 0.1) is 0 Å². The highest BCUT2D eigenvalue weighted by atomic mass is 16.2. The zero-order valence-corrected chi connectivity index (χ0v) is 11.0. The van der Waals surface area contributed by atoms with Crippen molar-refractivity contribution in [3.05, 3.63) is 71.8 Å². The third-order valence-corrected chi connectivity index (χ3v) is 3.86. The highest BCUT2D eigenvalue weighted by Gasteiger charge is 2.43. The van der Waals surface area contributed by atoms with Gasteiger partial charge in [-0.1, -0.05) is 60.7 Å². The maximum absolute atomic E-state index is 12.8. The van der Waals surface area contributed by atoms with E-state index in [2.05, 4.69) is 0 Å². The standard InChI is InChI=1S/C17H17NO/c1-17(16(19)18-12-13-18,14-8-4-2-5-9-14)15-10-6-3-7-11-15/h2-11H,12-13H2,1H3. The summed E-state index contributed by atoms with van der Waals surface area (Å²) in [5.41, 5.74) is 1.52. The molecular weight excluding hydrogens is 234 g/mol. The van der Waals surface area contributed by atoms with Crippen molar-refractivity contribution >= 4 is 5.91 Å². The molecule has 2 heteroatoms. The van der Waals surface area contributed by atoms with Crippen molar-refractivity contribution in [1.82, 2.24) is 4.90 Å². The molecule has 1 aliphatic rings. The summed E-state index contributed by atoms with van der Waals surface area (Å²) in [7, 11) is 0. The van der Waals surface area contributed by atoms with Gasteiger partial charge in [-0.3, -0.25) is 4.79 Å². The summed E-state index contributed by atoms with van der Waals surface area (Å²) in [6.45, 7) is 3.79. The molecule has 2 nitrogen and oxygen atoms in total. The average Bonchev–Trinajstić information content (AvgIpc) is 3.32. The van der Waals surface area contributed by atoms with E-state index in [9.17, 15) is 4.79 Å². The van der Waals surface area contributed by atoms with E-state index in [1.807, 2.05) is 72.5 Å². The minimum Gasteiger partial charge on any atom is -0.338 e. The average molecular weight is 251 g/mol. The molecule has 96 valence electrons. The first kappa shape index (κ1) is 12.0. The van der Waals surface area contributed by atoms with Gasteiger partial charge in [-0.05, 0) is 18.1 Å². The second kappa shape index (κ2) is 4.54. The largest absolute Gasteiger partial charge is 0.338 e. The van der Waals surface area contributed by atoms with Gasteiger partial charge in [0.05, 0.1) is 5.41 Å². The second-order valence-corrected chi connectivity index (χ2v) is 5.15. The molecule has 3 rings (SSSR count). The number of rotatable bonds is 3. The molecule has 0 bridgehead atoms. The fourth-order valence-electron chi connectivity index (χ4n) is 2.53. The van der Waals surface area contributed by atoms with Crippen LogP contribution in [-0.2, 0) is 10.2 Å². The van der Waals surface area contributed by atoms with Crippen molar-refractivity contribution in [2.75, 3.05) is 13.1 Å². The Morgan fingerprint density at radius 2 is 1.32 bits per heavy atom. The molecule has 0 unspecified atom stereocenters. The fourth-order valence-corrected chi connectivity index (χ4v) is 2.53. The van der Waals surface area contributed by atoms with Crippen molar-refractivity contribution < 1.29 is 4.79 Å². The predicted octanol–water partition coefficient (Wildman–Crippen LogP) is 2.83. The molecule has 0 radical (unpaired) electrons. The summed E-state index contributed by atoms with van der Waals surface area (Å²) in [6, 6.07) is 20.1. The van der Waals surface area contributed by atoms with Crippen LogP contribution in [0.1, 0.15) is 18.1 Å².